The Morgan fingerprint density at radius 1 is 1.50 bits per heavy atom. The van der Waals surface area contributed by atoms with Crippen molar-refractivity contribution < 1.29 is 18.3 Å². The van der Waals surface area contributed by atoms with Gasteiger partial charge < -0.3 is 5.11 Å². The molecule has 0 bridgehead atoms. The van der Waals surface area contributed by atoms with Crippen LogP contribution in [0.2, 0.25) is 0 Å². The number of aliphatic carboxylic acids is 1. The van der Waals surface area contributed by atoms with Crippen LogP contribution in [0.4, 0.5) is 5.69 Å². The predicted molar refractivity (Wildman–Crippen MR) is 68.5 cm³/mol. The van der Waals surface area contributed by atoms with Crippen molar-refractivity contribution in [2.75, 3.05) is 10.5 Å². The van der Waals surface area contributed by atoms with E-state index in [0.29, 0.717) is 4.47 Å². The lowest BCUT2D eigenvalue weighted by molar-refractivity contribution is -0.136. The fraction of sp³-hybridized carbons (Fsp3) is 0.200. The van der Waals surface area contributed by atoms with E-state index in [2.05, 4.69) is 20.7 Å². The third-order valence-electron chi connectivity index (χ3n) is 1.95. The molecule has 6 nitrogen and oxygen atoms in total. The van der Waals surface area contributed by atoms with E-state index in [-0.39, 0.29) is 11.3 Å². The Hall–Kier alpha value is -1.59. The first kappa shape index (κ1) is 14.5. The second kappa shape index (κ2) is 5.84. The van der Waals surface area contributed by atoms with Crippen LogP contribution in [0.1, 0.15) is 12.0 Å². The van der Waals surface area contributed by atoms with Crippen LogP contribution in [-0.2, 0) is 14.8 Å². The molecule has 0 spiro atoms. The van der Waals surface area contributed by atoms with E-state index in [1.807, 2.05) is 6.07 Å². The summed E-state index contributed by atoms with van der Waals surface area (Å²) in [6, 6.07) is 6.33. The monoisotopic (exact) mass is 332 g/mol. The smallest absolute Gasteiger partial charge is 0.304 e. The minimum absolute atomic E-state index is 0.131. The minimum Gasteiger partial charge on any atom is -0.481 e. The van der Waals surface area contributed by atoms with E-state index < -0.39 is 28.2 Å². The van der Waals surface area contributed by atoms with Gasteiger partial charge in [-0.1, -0.05) is 15.9 Å². The molecule has 1 aromatic carbocycles. The van der Waals surface area contributed by atoms with Crippen LogP contribution in [-0.4, -0.2) is 25.2 Å². The highest BCUT2D eigenvalue weighted by atomic mass is 79.9. The number of hydrogen-bond donors (Lipinski definition) is 2. The zero-order valence-corrected chi connectivity index (χ0v) is 11.5. The zero-order chi connectivity index (χ0) is 13.8. The second-order valence-corrected chi connectivity index (χ2v) is 6.12. The summed E-state index contributed by atoms with van der Waals surface area (Å²) >= 11 is 3.16. The number of anilines is 1. The summed E-state index contributed by atoms with van der Waals surface area (Å²) in [6.07, 6.45) is -0.492. The number of nitrogens with zero attached hydrogens (tertiary/aromatic N) is 1. The molecule has 0 aromatic heterocycles. The lowest BCUT2D eigenvalue weighted by Gasteiger charge is -2.08. The Bertz CT molecular complexity index is 607. The average molecular weight is 333 g/mol. The maximum absolute atomic E-state index is 11.6. The standard InChI is InChI=1S/C10H9BrN2O4S/c11-8-1-2-9(7(5-8)6-12)13-18(16,17)4-3-10(14)15/h1-2,5,13H,3-4H2,(H,14,15). The van der Waals surface area contributed by atoms with Gasteiger partial charge in [-0.05, 0) is 18.2 Å². The van der Waals surface area contributed by atoms with Gasteiger partial charge in [0.1, 0.15) is 6.07 Å². The van der Waals surface area contributed by atoms with Crippen LogP contribution < -0.4 is 4.72 Å². The largest absolute Gasteiger partial charge is 0.481 e. The Balaban J connectivity index is 2.91. The molecular formula is C10H9BrN2O4S. The van der Waals surface area contributed by atoms with Crippen LogP contribution in [0.5, 0.6) is 0 Å². The summed E-state index contributed by atoms with van der Waals surface area (Å²) in [6.45, 7) is 0. The van der Waals surface area contributed by atoms with Gasteiger partial charge in [0.25, 0.3) is 0 Å². The van der Waals surface area contributed by atoms with E-state index in [1.54, 1.807) is 6.07 Å². The van der Waals surface area contributed by atoms with Crippen molar-refractivity contribution in [2.45, 2.75) is 6.42 Å². The molecule has 0 fully saturated rings. The lowest BCUT2D eigenvalue weighted by atomic mass is 10.2. The molecule has 0 radical (unpaired) electrons. The second-order valence-electron chi connectivity index (χ2n) is 3.37. The van der Waals surface area contributed by atoms with Gasteiger partial charge in [-0.3, -0.25) is 9.52 Å². The Labute approximate surface area is 112 Å². The summed E-state index contributed by atoms with van der Waals surface area (Å²) in [5.74, 6) is -1.74. The van der Waals surface area contributed by atoms with Gasteiger partial charge in [-0.15, -0.1) is 0 Å². The molecule has 2 N–H and O–H groups in total. The fourth-order valence-corrected chi connectivity index (χ4v) is 2.56. The fourth-order valence-electron chi connectivity index (χ4n) is 1.14. The van der Waals surface area contributed by atoms with Crippen LogP contribution in [0.25, 0.3) is 0 Å². The Kier molecular flexibility index (Phi) is 4.69. The molecule has 18 heavy (non-hydrogen) atoms. The molecule has 0 unspecified atom stereocenters. The zero-order valence-electron chi connectivity index (χ0n) is 9.05. The van der Waals surface area contributed by atoms with E-state index in [1.165, 1.54) is 12.1 Å². The number of hydrogen-bond acceptors (Lipinski definition) is 4. The molecule has 96 valence electrons. The van der Waals surface area contributed by atoms with Crippen molar-refractivity contribution in [1.29, 1.82) is 5.26 Å². The molecule has 0 aliphatic heterocycles. The molecular weight excluding hydrogens is 324 g/mol. The highest BCUT2D eigenvalue weighted by molar-refractivity contribution is 9.10. The number of nitrogens with one attached hydrogen (secondary N) is 1. The maximum Gasteiger partial charge on any atom is 0.304 e. The maximum atomic E-state index is 11.6. The summed E-state index contributed by atoms with van der Waals surface area (Å²) in [7, 11) is -3.77. The minimum atomic E-state index is -3.77. The number of carbonyl (C=O) groups is 1. The van der Waals surface area contributed by atoms with Crippen LogP contribution in [0.3, 0.4) is 0 Å². The number of rotatable bonds is 5. The SMILES string of the molecule is N#Cc1cc(Br)ccc1NS(=O)(=O)CCC(=O)O. The van der Waals surface area contributed by atoms with Crippen LogP contribution in [0.15, 0.2) is 22.7 Å². The normalized spacial score (nSPS) is 10.7. The third kappa shape index (κ3) is 4.35. The first-order valence-electron chi connectivity index (χ1n) is 4.76. The number of sulfonamides is 1. The van der Waals surface area contributed by atoms with Crippen molar-refractivity contribution >= 4 is 37.6 Å². The molecule has 1 aromatic rings. The topological polar surface area (TPSA) is 107 Å². The number of carboxylic acids is 1. The molecule has 0 saturated carbocycles. The molecule has 0 aliphatic carbocycles. The van der Waals surface area contributed by atoms with Gasteiger partial charge in [0, 0.05) is 4.47 Å². The molecule has 0 aliphatic rings. The quantitative estimate of drug-likeness (QED) is 0.850. The van der Waals surface area contributed by atoms with Crippen molar-refractivity contribution in [2.24, 2.45) is 0 Å². The number of nitriles is 1. The predicted octanol–water partition coefficient (Wildman–Crippen LogP) is 1.54. The first-order valence-corrected chi connectivity index (χ1v) is 7.20. The van der Waals surface area contributed by atoms with Crippen LogP contribution >= 0.6 is 15.9 Å². The molecule has 8 heteroatoms. The van der Waals surface area contributed by atoms with Crippen molar-refractivity contribution in [3.8, 4) is 6.07 Å². The van der Waals surface area contributed by atoms with Gasteiger partial charge in [0.2, 0.25) is 10.0 Å². The van der Waals surface area contributed by atoms with E-state index >= 15 is 0 Å². The molecule has 0 heterocycles. The number of halogens is 1. The van der Waals surface area contributed by atoms with E-state index in [0.717, 1.165) is 0 Å². The summed E-state index contributed by atoms with van der Waals surface area (Å²) in [4.78, 5) is 10.3. The van der Waals surface area contributed by atoms with Crippen molar-refractivity contribution in [3.63, 3.8) is 0 Å². The highest BCUT2D eigenvalue weighted by Gasteiger charge is 2.15. The lowest BCUT2D eigenvalue weighted by Crippen LogP contribution is -2.19. The summed E-state index contributed by atoms with van der Waals surface area (Å²) in [5, 5.41) is 17.3. The average Bonchev–Trinajstić information content (AvgIpc) is 2.29. The summed E-state index contributed by atoms with van der Waals surface area (Å²) in [5.41, 5.74) is 0.286. The third-order valence-corrected chi connectivity index (χ3v) is 3.72. The molecule has 1 rings (SSSR count). The van der Waals surface area contributed by atoms with Crippen molar-refractivity contribution in [3.05, 3.63) is 28.2 Å². The van der Waals surface area contributed by atoms with Gasteiger partial charge in [-0.25, -0.2) is 8.42 Å². The summed E-state index contributed by atoms with van der Waals surface area (Å²) < 4.78 is 26.0. The van der Waals surface area contributed by atoms with E-state index in [9.17, 15) is 13.2 Å². The van der Waals surface area contributed by atoms with Crippen LogP contribution in [0, 0.1) is 11.3 Å². The van der Waals surface area contributed by atoms with Crippen molar-refractivity contribution in [1.82, 2.24) is 0 Å². The number of carboxylic acid groups (broad SMARTS) is 1. The highest BCUT2D eigenvalue weighted by Crippen LogP contribution is 2.21. The molecule has 0 saturated heterocycles. The molecule has 0 amide bonds. The van der Waals surface area contributed by atoms with E-state index in [4.69, 9.17) is 10.4 Å². The Morgan fingerprint density at radius 2 is 2.17 bits per heavy atom. The number of benzene rings is 1. The Morgan fingerprint density at radius 3 is 2.72 bits per heavy atom. The first-order chi connectivity index (χ1) is 8.34. The van der Waals surface area contributed by atoms with Gasteiger partial charge in [-0.2, -0.15) is 5.26 Å². The van der Waals surface area contributed by atoms with Gasteiger partial charge >= 0.3 is 5.97 Å². The van der Waals surface area contributed by atoms with Gasteiger partial charge in [0.15, 0.2) is 0 Å². The van der Waals surface area contributed by atoms with Gasteiger partial charge in [0.05, 0.1) is 23.4 Å². The molecule has 0 atom stereocenters.